The molecule has 0 unspecified atom stereocenters. The summed E-state index contributed by atoms with van der Waals surface area (Å²) in [5.41, 5.74) is 1.53. The normalized spacial score (nSPS) is 10.1. The lowest BCUT2D eigenvalue weighted by atomic mass is 10.2. The van der Waals surface area contributed by atoms with Crippen molar-refractivity contribution in [2.75, 3.05) is 32.2 Å². The highest BCUT2D eigenvalue weighted by Gasteiger charge is 2.10. The molecule has 0 heterocycles. The van der Waals surface area contributed by atoms with E-state index >= 15 is 0 Å². The summed E-state index contributed by atoms with van der Waals surface area (Å²) in [5, 5.41) is 8.50. The number of carbonyl (C=O) groups excluding carboxylic acids is 2. The highest BCUT2D eigenvalue weighted by molar-refractivity contribution is 7.80. The predicted molar refractivity (Wildman–Crippen MR) is 117 cm³/mol. The molecule has 0 atom stereocenters. The second-order valence-electron chi connectivity index (χ2n) is 6.05. The van der Waals surface area contributed by atoms with Crippen LogP contribution in [0.4, 0.5) is 5.69 Å². The van der Waals surface area contributed by atoms with Crippen molar-refractivity contribution in [3.63, 3.8) is 0 Å². The SMILES string of the molecule is CCOc1cccc(C(=O)NC(=S)Nc2cccc(C(=O)NCCCOC)c2)c1. The first-order chi connectivity index (χ1) is 14.0. The number of hydrogen-bond acceptors (Lipinski definition) is 5. The molecule has 0 aliphatic carbocycles. The minimum Gasteiger partial charge on any atom is -0.494 e. The van der Waals surface area contributed by atoms with E-state index in [9.17, 15) is 9.59 Å². The van der Waals surface area contributed by atoms with Crippen molar-refractivity contribution < 1.29 is 19.1 Å². The van der Waals surface area contributed by atoms with Crippen LogP contribution in [-0.2, 0) is 4.74 Å². The molecule has 0 saturated heterocycles. The lowest BCUT2D eigenvalue weighted by Gasteiger charge is -2.11. The Morgan fingerprint density at radius 3 is 2.48 bits per heavy atom. The lowest BCUT2D eigenvalue weighted by Crippen LogP contribution is -2.34. The van der Waals surface area contributed by atoms with Gasteiger partial charge >= 0.3 is 0 Å². The van der Waals surface area contributed by atoms with Crippen molar-refractivity contribution in [2.24, 2.45) is 0 Å². The van der Waals surface area contributed by atoms with Gasteiger partial charge in [-0.2, -0.15) is 0 Å². The Bertz CT molecular complexity index is 857. The smallest absolute Gasteiger partial charge is 0.257 e. The molecule has 0 aliphatic heterocycles. The van der Waals surface area contributed by atoms with Gasteiger partial charge in [-0.1, -0.05) is 12.1 Å². The van der Waals surface area contributed by atoms with Crippen LogP contribution in [0, 0.1) is 0 Å². The largest absolute Gasteiger partial charge is 0.494 e. The maximum Gasteiger partial charge on any atom is 0.257 e. The number of rotatable bonds is 9. The Morgan fingerprint density at radius 1 is 1.03 bits per heavy atom. The molecule has 0 radical (unpaired) electrons. The number of hydrogen-bond donors (Lipinski definition) is 3. The Kier molecular flexibility index (Phi) is 9.07. The van der Waals surface area contributed by atoms with Gasteiger partial charge in [-0.05, 0) is 62.0 Å². The summed E-state index contributed by atoms with van der Waals surface area (Å²) in [7, 11) is 1.62. The van der Waals surface area contributed by atoms with E-state index in [1.54, 1.807) is 55.6 Å². The summed E-state index contributed by atoms with van der Waals surface area (Å²) < 4.78 is 10.4. The van der Waals surface area contributed by atoms with Crippen LogP contribution < -0.4 is 20.7 Å². The second kappa shape index (κ2) is 11.8. The summed E-state index contributed by atoms with van der Waals surface area (Å²) in [6.45, 7) is 3.50. The lowest BCUT2D eigenvalue weighted by molar-refractivity contribution is 0.0946. The fraction of sp³-hybridized carbons (Fsp3) is 0.286. The van der Waals surface area contributed by atoms with Crippen LogP contribution >= 0.6 is 12.2 Å². The summed E-state index contributed by atoms with van der Waals surface area (Å²) in [6.07, 6.45) is 0.737. The van der Waals surface area contributed by atoms with Crippen molar-refractivity contribution in [1.29, 1.82) is 0 Å². The summed E-state index contributed by atoms with van der Waals surface area (Å²) >= 11 is 5.22. The molecule has 7 nitrogen and oxygen atoms in total. The van der Waals surface area contributed by atoms with Crippen molar-refractivity contribution in [1.82, 2.24) is 10.6 Å². The van der Waals surface area contributed by atoms with Crippen LogP contribution in [0.3, 0.4) is 0 Å². The molecule has 3 N–H and O–H groups in total. The Morgan fingerprint density at radius 2 is 1.76 bits per heavy atom. The molecule has 0 saturated carbocycles. The maximum absolute atomic E-state index is 12.4. The minimum atomic E-state index is -0.351. The van der Waals surface area contributed by atoms with Gasteiger partial charge < -0.3 is 20.1 Å². The fourth-order valence-corrected chi connectivity index (χ4v) is 2.70. The van der Waals surface area contributed by atoms with Gasteiger partial charge in [-0.25, -0.2) is 0 Å². The molecule has 2 aromatic rings. The molecule has 0 spiro atoms. The molecular weight excluding hydrogens is 390 g/mol. The molecule has 0 aromatic heterocycles. The Labute approximate surface area is 175 Å². The van der Waals surface area contributed by atoms with Gasteiger partial charge in [0.15, 0.2) is 5.11 Å². The summed E-state index contributed by atoms with van der Waals surface area (Å²) in [6, 6.07) is 13.7. The molecule has 2 amide bonds. The average molecular weight is 416 g/mol. The Hall–Kier alpha value is -2.97. The van der Waals surface area contributed by atoms with Gasteiger partial charge in [0.25, 0.3) is 11.8 Å². The third kappa shape index (κ3) is 7.52. The number of ether oxygens (including phenoxy) is 2. The number of amides is 2. The van der Waals surface area contributed by atoms with Gasteiger partial charge in [0.05, 0.1) is 6.61 Å². The van der Waals surface area contributed by atoms with Crippen molar-refractivity contribution in [3.8, 4) is 5.75 Å². The monoisotopic (exact) mass is 415 g/mol. The van der Waals surface area contributed by atoms with Gasteiger partial charge in [-0.15, -0.1) is 0 Å². The van der Waals surface area contributed by atoms with E-state index in [1.165, 1.54) is 0 Å². The van der Waals surface area contributed by atoms with Crippen molar-refractivity contribution in [3.05, 3.63) is 59.7 Å². The molecule has 2 aromatic carbocycles. The standard InChI is InChI=1S/C21H25N3O4S/c1-3-28-18-10-5-8-16(14-18)20(26)24-21(29)23-17-9-4-7-15(13-17)19(25)22-11-6-12-27-2/h4-5,7-10,13-14H,3,6,11-12H2,1-2H3,(H,22,25)(H2,23,24,26,29). The number of thiocarbonyl (C=S) groups is 1. The van der Waals surface area contributed by atoms with Gasteiger partial charge in [0.1, 0.15) is 5.75 Å². The molecule has 2 rings (SSSR count). The topological polar surface area (TPSA) is 88.7 Å². The highest BCUT2D eigenvalue weighted by Crippen LogP contribution is 2.14. The van der Waals surface area contributed by atoms with Gasteiger partial charge in [0.2, 0.25) is 0 Å². The zero-order valence-electron chi connectivity index (χ0n) is 16.5. The van der Waals surface area contributed by atoms with Gasteiger partial charge in [0, 0.05) is 37.1 Å². The molecule has 0 bridgehead atoms. The number of methoxy groups -OCH3 is 1. The van der Waals surface area contributed by atoms with E-state index in [1.807, 2.05) is 6.92 Å². The first-order valence-corrected chi connectivity index (χ1v) is 9.66. The first kappa shape index (κ1) is 22.3. The average Bonchev–Trinajstić information content (AvgIpc) is 2.71. The van der Waals surface area contributed by atoms with Crippen LogP contribution in [0.25, 0.3) is 0 Å². The molecule has 154 valence electrons. The maximum atomic E-state index is 12.4. The van der Waals surface area contributed by atoms with Crippen LogP contribution in [-0.4, -0.2) is 43.8 Å². The molecule has 0 aliphatic rings. The summed E-state index contributed by atoms with van der Waals surface area (Å²) in [4.78, 5) is 24.6. The minimum absolute atomic E-state index is 0.134. The zero-order valence-corrected chi connectivity index (χ0v) is 17.3. The summed E-state index contributed by atoms with van der Waals surface area (Å²) in [5.74, 6) is 0.0757. The van der Waals surface area contributed by atoms with Crippen LogP contribution in [0.15, 0.2) is 48.5 Å². The molecule has 0 fully saturated rings. The molecule has 29 heavy (non-hydrogen) atoms. The van der Waals surface area contributed by atoms with Crippen molar-refractivity contribution in [2.45, 2.75) is 13.3 Å². The van der Waals surface area contributed by atoms with Gasteiger partial charge in [-0.3, -0.25) is 14.9 Å². The zero-order chi connectivity index (χ0) is 21.1. The number of carbonyl (C=O) groups is 2. The first-order valence-electron chi connectivity index (χ1n) is 9.26. The predicted octanol–water partition coefficient (Wildman–Crippen LogP) is 2.98. The van der Waals surface area contributed by atoms with Crippen molar-refractivity contribution >= 4 is 34.8 Å². The van der Waals surface area contributed by atoms with E-state index in [-0.39, 0.29) is 16.9 Å². The Balaban J connectivity index is 1.92. The van der Waals surface area contributed by atoms with Crippen LogP contribution in [0.5, 0.6) is 5.75 Å². The number of nitrogens with one attached hydrogen (secondary N) is 3. The van der Waals surface area contributed by atoms with Crippen LogP contribution in [0.1, 0.15) is 34.1 Å². The van der Waals surface area contributed by atoms with E-state index < -0.39 is 0 Å². The van der Waals surface area contributed by atoms with E-state index in [0.29, 0.717) is 42.3 Å². The van der Waals surface area contributed by atoms with Crippen LogP contribution in [0.2, 0.25) is 0 Å². The van der Waals surface area contributed by atoms with E-state index in [2.05, 4.69) is 16.0 Å². The number of benzene rings is 2. The van der Waals surface area contributed by atoms with E-state index in [0.717, 1.165) is 6.42 Å². The van der Waals surface area contributed by atoms with E-state index in [4.69, 9.17) is 21.7 Å². The molecular formula is C21H25N3O4S. The molecule has 8 heteroatoms. The third-order valence-electron chi connectivity index (χ3n) is 3.83. The second-order valence-corrected chi connectivity index (χ2v) is 6.46. The quantitative estimate of drug-likeness (QED) is 0.431. The fourth-order valence-electron chi connectivity index (χ4n) is 2.49. The third-order valence-corrected chi connectivity index (χ3v) is 4.03. The highest BCUT2D eigenvalue weighted by atomic mass is 32.1. The number of anilines is 1.